The first-order valence-electron chi connectivity index (χ1n) is 9.25. The highest BCUT2D eigenvalue weighted by atomic mass is 19.1. The molecule has 3 amide bonds. The maximum absolute atomic E-state index is 13.3. The molecule has 0 aromatic heterocycles. The second-order valence-corrected chi connectivity index (χ2v) is 6.63. The summed E-state index contributed by atoms with van der Waals surface area (Å²) in [5, 5.41) is 6.78. The van der Waals surface area contributed by atoms with E-state index in [0.717, 1.165) is 6.07 Å². The van der Waals surface area contributed by atoms with Crippen LogP contribution in [0.4, 0.5) is 10.1 Å². The van der Waals surface area contributed by atoms with Crippen LogP contribution in [0.25, 0.3) is 0 Å². The fourth-order valence-electron chi connectivity index (χ4n) is 2.70. The highest BCUT2D eigenvalue weighted by Crippen LogP contribution is 2.14. The Hall–Kier alpha value is -4.33. The third kappa shape index (κ3) is 5.60. The Morgan fingerprint density at radius 3 is 2.13 bits per heavy atom. The number of hydrazone groups is 1. The molecule has 3 aromatic rings. The SMILES string of the molecule is CC(=NNC(=O)c1ccc(C(N)=O)cc1)c1cccc(NC(=O)c2cccc(F)c2)c1. The summed E-state index contributed by atoms with van der Waals surface area (Å²) in [5.41, 5.74) is 10.1. The van der Waals surface area contributed by atoms with Crippen molar-refractivity contribution in [1.82, 2.24) is 5.43 Å². The van der Waals surface area contributed by atoms with Crippen LogP contribution in [0.1, 0.15) is 43.6 Å². The largest absolute Gasteiger partial charge is 0.366 e. The molecular formula is C23H19FN4O3. The number of amides is 3. The van der Waals surface area contributed by atoms with Gasteiger partial charge in [0.2, 0.25) is 5.91 Å². The molecule has 0 saturated heterocycles. The van der Waals surface area contributed by atoms with Crippen LogP contribution in [0, 0.1) is 5.82 Å². The molecule has 3 rings (SSSR count). The fraction of sp³-hybridized carbons (Fsp3) is 0.0435. The van der Waals surface area contributed by atoms with Crippen molar-refractivity contribution in [2.24, 2.45) is 10.8 Å². The van der Waals surface area contributed by atoms with E-state index < -0.39 is 23.5 Å². The molecule has 7 nitrogen and oxygen atoms in total. The number of nitrogens with zero attached hydrogens (tertiary/aromatic N) is 1. The van der Waals surface area contributed by atoms with Crippen LogP contribution in [-0.4, -0.2) is 23.4 Å². The quantitative estimate of drug-likeness (QED) is 0.421. The molecule has 0 radical (unpaired) electrons. The highest BCUT2D eigenvalue weighted by Gasteiger charge is 2.09. The summed E-state index contributed by atoms with van der Waals surface area (Å²) >= 11 is 0. The minimum absolute atomic E-state index is 0.199. The maximum Gasteiger partial charge on any atom is 0.271 e. The van der Waals surface area contributed by atoms with Gasteiger partial charge in [-0.3, -0.25) is 14.4 Å². The van der Waals surface area contributed by atoms with Gasteiger partial charge in [-0.25, -0.2) is 9.82 Å². The average Bonchev–Trinajstić information content (AvgIpc) is 2.77. The van der Waals surface area contributed by atoms with E-state index in [-0.39, 0.29) is 5.56 Å². The molecule has 0 fully saturated rings. The number of hydrogen-bond acceptors (Lipinski definition) is 4. The number of carbonyl (C=O) groups excluding carboxylic acids is 3. The Labute approximate surface area is 177 Å². The minimum atomic E-state index is -0.579. The van der Waals surface area contributed by atoms with Gasteiger partial charge in [-0.2, -0.15) is 5.10 Å². The summed E-state index contributed by atoms with van der Waals surface area (Å²) in [7, 11) is 0. The smallest absolute Gasteiger partial charge is 0.271 e. The zero-order chi connectivity index (χ0) is 22.4. The first-order valence-corrected chi connectivity index (χ1v) is 9.25. The molecule has 0 aliphatic heterocycles. The molecule has 3 aromatic carbocycles. The Balaban J connectivity index is 1.68. The Bertz CT molecular complexity index is 1170. The van der Waals surface area contributed by atoms with Crippen LogP contribution < -0.4 is 16.5 Å². The topological polar surface area (TPSA) is 114 Å². The summed E-state index contributed by atoms with van der Waals surface area (Å²) in [4.78, 5) is 35.6. The Kier molecular flexibility index (Phi) is 6.51. The van der Waals surface area contributed by atoms with Crippen molar-refractivity contribution in [2.45, 2.75) is 6.92 Å². The molecular weight excluding hydrogens is 399 g/mol. The van der Waals surface area contributed by atoms with E-state index in [0.29, 0.717) is 28.1 Å². The summed E-state index contributed by atoms with van der Waals surface area (Å²) < 4.78 is 13.3. The first kappa shape index (κ1) is 21.4. The van der Waals surface area contributed by atoms with Crippen molar-refractivity contribution in [2.75, 3.05) is 5.32 Å². The predicted octanol–water partition coefficient (Wildman–Crippen LogP) is 3.33. The molecule has 8 heteroatoms. The van der Waals surface area contributed by atoms with Gasteiger partial charge < -0.3 is 11.1 Å². The average molecular weight is 418 g/mol. The molecule has 31 heavy (non-hydrogen) atoms. The number of benzene rings is 3. The number of nitrogens with one attached hydrogen (secondary N) is 2. The molecule has 0 bridgehead atoms. The van der Waals surface area contributed by atoms with E-state index in [1.807, 2.05) is 0 Å². The van der Waals surface area contributed by atoms with Crippen LogP contribution >= 0.6 is 0 Å². The molecule has 0 spiro atoms. The van der Waals surface area contributed by atoms with Gasteiger partial charge in [0.15, 0.2) is 0 Å². The Morgan fingerprint density at radius 2 is 1.45 bits per heavy atom. The van der Waals surface area contributed by atoms with Crippen molar-refractivity contribution in [3.05, 3.63) is 101 Å². The van der Waals surface area contributed by atoms with Crippen molar-refractivity contribution >= 4 is 29.1 Å². The molecule has 0 aliphatic rings. The van der Waals surface area contributed by atoms with Gasteiger partial charge in [0.05, 0.1) is 5.71 Å². The highest BCUT2D eigenvalue weighted by molar-refractivity contribution is 6.06. The number of rotatable bonds is 6. The van der Waals surface area contributed by atoms with E-state index >= 15 is 0 Å². The number of primary amides is 1. The fourth-order valence-corrected chi connectivity index (χ4v) is 2.70. The molecule has 4 N–H and O–H groups in total. The predicted molar refractivity (Wildman–Crippen MR) is 115 cm³/mol. The molecule has 0 aliphatic carbocycles. The zero-order valence-electron chi connectivity index (χ0n) is 16.6. The summed E-state index contributed by atoms with van der Waals surface area (Å²) in [5.74, 6) is -1.97. The normalized spacial score (nSPS) is 11.0. The summed E-state index contributed by atoms with van der Waals surface area (Å²) in [6.45, 7) is 1.70. The molecule has 0 heterocycles. The number of anilines is 1. The van der Waals surface area contributed by atoms with Crippen LogP contribution in [-0.2, 0) is 0 Å². The lowest BCUT2D eigenvalue weighted by atomic mass is 10.1. The van der Waals surface area contributed by atoms with Gasteiger partial charge >= 0.3 is 0 Å². The molecule has 0 atom stereocenters. The van der Waals surface area contributed by atoms with Gasteiger partial charge in [0, 0.05) is 22.4 Å². The number of halogens is 1. The second-order valence-electron chi connectivity index (χ2n) is 6.63. The van der Waals surface area contributed by atoms with E-state index in [1.165, 1.54) is 42.5 Å². The minimum Gasteiger partial charge on any atom is -0.366 e. The summed E-state index contributed by atoms with van der Waals surface area (Å²) in [6.07, 6.45) is 0. The third-order valence-electron chi connectivity index (χ3n) is 4.38. The number of carbonyl (C=O) groups is 3. The lowest BCUT2D eigenvalue weighted by Gasteiger charge is -2.08. The first-order chi connectivity index (χ1) is 14.8. The van der Waals surface area contributed by atoms with Gasteiger partial charge in [-0.1, -0.05) is 18.2 Å². The third-order valence-corrected chi connectivity index (χ3v) is 4.38. The van der Waals surface area contributed by atoms with Gasteiger partial charge in [0.25, 0.3) is 11.8 Å². The Morgan fingerprint density at radius 1 is 0.806 bits per heavy atom. The van der Waals surface area contributed by atoms with E-state index in [2.05, 4.69) is 15.8 Å². The van der Waals surface area contributed by atoms with Crippen molar-refractivity contribution in [3.63, 3.8) is 0 Å². The maximum atomic E-state index is 13.3. The lowest BCUT2D eigenvalue weighted by Crippen LogP contribution is -2.20. The van der Waals surface area contributed by atoms with Crippen LogP contribution in [0.2, 0.25) is 0 Å². The molecule has 0 saturated carbocycles. The van der Waals surface area contributed by atoms with Crippen LogP contribution in [0.15, 0.2) is 77.9 Å². The standard InChI is InChI=1S/C23H19FN4O3/c1-14(27-28-23(31)16-10-8-15(9-11-16)21(25)29)17-4-3-7-20(13-17)26-22(30)18-5-2-6-19(24)12-18/h2-13H,1H3,(H2,25,29)(H,26,30)(H,28,31). The van der Waals surface area contributed by atoms with Crippen molar-refractivity contribution in [3.8, 4) is 0 Å². The van der Waals surface area contributed by atoms with Gasteiger partial charge in [-0.05, 0) is 67.1 Å². The second kappa shape index (κ2) is 9.45. The lowest BCUT2D eigenvalue weighted by molar-refractivity contribution is 0.0951. The van der Waals surface area contributed by atoms with E-state index in [4.69, 9.17) is 5.73 Å². The molecule has 0 unspecified atom stereocenters. The van der Waals surface area contributed by atoms with E-state index in [9.17, 15) is 18.8 Å². The van der Waals surface area contributed by atoms with E-state index in [1.54, 1.807) is 31.2 Å². The van der Waals surface area contributed by atoms with Gasteiger partial charge in [0.1, 0.15) is 5.82 Å². The number of hydrogen-bond donors (Lipinski definition) is 3. The van der Waals surface area contributed by atoms with Crippen LogP contribution in [0.5, 0.6) is 0 Å². The van der Waals surface area contributed by atoms with Gasteiger partial charge in [-0.15, -0.1) is 0 Å². The number of nitrogens with two attached hydrogens (primary N) is 1. The van der Waals surface area contributed by atoms with Crippen molar-refractivity contribution < 1.29 is 18.8 Å². The van der Waals surface area contributed by atoms with Crippen LogP contribution in [0.3, 0.4) is 0 Å². The monoisotopic (exact) mass is 418 g/mol. The van der Waals surface area contributed by atoms with Crippen molar-refractivity contribution in [1.29, 1.82) is 0 Å². The summed E-state index contributed by atoms with van der Waals surface area (Å²) in [6, 6.07) is 18.1. The zero-order valence-corrected chi connectivity index (χ0v) is 16.6. The molecule has 156 valence electrons.